The van der Waals surface area contributed by atoms with Crippen molar-refractivity contribution in [2.75, 3.05) is 18.5 Å². The molecule has 0 aromatic heterocycles. The fourth-order valence-electron chi connectivity index (χ4n) is 2.34. The Hall–Kier alpha value is -2.44. The van der Waals surface area contributed by atoms with Crippen molar-refractivity contribution in [1.29, 1.82) is 10.7 Å². The first kappa shape index (κ1) is 17.9. The number of nitrogens with zero attached hydrogens (tertiary/aromatic N) is 3. The highest BCUT2D eigenvalue weighted by Crippen LogP contribution is 2.24. The van der Waals surface area contributed by atoms with Gasteiger partial charge in [0.15, 0.2) is 5.84 Å². The SMILES string of the molecule is CC1CCN(S(=O)(=O)c2ccc(N/N=C(\C#N)C(=N)N)cc2)CC1. The van der Waals surface area contributed by atoms with Gasteiger partial charge in [-0.25, -0.2) is 8.42 Å². The highest BCUT2D eigenvalue weighted by atomic mass is 32.2. The number of rotatable bonds is 5. The maximum Gasteiger partial charge on any atom is 0.243 e. The van der Waals surface area contributed by atoms with Crippen LogP contribution in [-0.2, 0) is 10.0 Å². The van der Waals surface area contributed by atoms with E-state index in [9.17, 15) is 8.42 Å². The molecule has 1 aliphatic heterocycles. The van der Waals surface area contributed by atoms with E-state index >= 15 is 0 Å². The number of piperidine rings is 1. The van der Waals surface area contributed by atoms with E-state index < -0.39 is 15.9 Å². The highest BCUT2D eigenvalue weighted by Gasteiger charge is 2.27. The van der Waals surface area contributed by atoms with Crippen molar-refractivity contribution in [2.45, 2.75) is 24.7 Å². The van der Waals surface area contributed by atoms with Gasteiger partial charge in [0.05, 0.1) is 10.6 Å². The summed E-state index contributed by atoms with van der Waals surface area (Å²) in [6.45, 7) is 3.21. The number of hydrogen-bond donors (Lipinski definition) is 3. The van der Waals surface area contributed by atoms with Crippen LogP contribution in [-0.4, -0.2) is 37.4 Å². The molecule has 24 heavy (non-hydrogen) atoms. The van der Waals surface area contributed by atoms with E-state index in [1.165, 1.54) is 16.4 Å². The molecule has 0 amide bonds. The summed E-state index contributed by atoms with van der Waals surface area (Å²) in [7, 11) is -3.49. The minimum Gasteiger partial charge on any atom is -0.382 e. The molecular weight excluding hydrogens is 328 g/mol. The van der Waals surface area contributed by atoms with E-state index in [1.807, 2.05) is 0 Å². The topological polar surface area (TPSA) is 135 Å². The number of sulfonamides is 1. The predicted octanol–water partition coefficient (Wildman–Crippen LogP) is 1.33. The van der Waals surface area contributed by atoms with E-state index in [4.69, 9.17) is 16.4 Å². The van der Waals surface area contributed by atoms with Crippen molar-refractivity contribution >= 4 is 27.3 Å². The lowest BCUT2D eigenvalue weighted by atomic mass is 10.0. The van der Waals surface area contributed by atoms with Gasteiger partial charge in [0.1, 0.15) is 6.07 Å². The van der Waals surface area contributed by atoms with Crippen molar-refractivity contribution in [3.63, 3.8) is 0 Å². The van der Waals surface area contributed by atoms with Crippen molar-refractivity contribution in [3.05, 3.63) is 24.3 Å². The summed E-state index contributed by atoms with van der Waals surface area (Å²) in [6, 6.07) is 7.78. The Morgan fingerprint density at radius 1 is 1.38 bits per heavy atom. The number of benzene rings is 1. The van der Waals surface area contributed by atoms with Crippen LogP contribution in [0.25, 0.3) is 0 Å². The van der Waals surface area contributed by atoms with E-state index in [0.29, 0.717) is 24.7 Å². The number of hydrogen-bond acceptors (Lipinski definition) is 6. The van der Waals surface area contributed by atoms with Gasteiger partial charge in [0, 0.05) is 13.1 Å². The molecule has 8 nitrogen and oxygen atoms in total. The molecule has 128 valence electrons. The second-order valence-corrected chi connectivity index (χ2v) is 7.65. The van der Waals surface area contributed by atoms with E-state index in [2.05, 4.69) is 17.5 Å². The molecule has 0 atom stereocenters. The van der Waals surface area contributed by atoms with Gasteiger partial charge >= 0.3 is 0 Å². The number of nitriles is 1. The smallest absolute Gasteiger partial charge is 0.243 e. The summed E-state index contributed by atoms with van der Waals surface area (Å²) in [5.41, 5.74) is 8.02. The fraction of sp³-hybridized carbons (Fsp3) is 0.400. The Morgan fingerprint density at radius 3 is 2.46 bits per heavy atom. The molecule has 0 radical (unpaired) electrons. The molecule has 1 aromatic rings. The summed E-state index contributed by atoms with van der Waals surface area (Å²) >= 11 is 0. The number of amidine groups is 1. The molecule has 0 saturated carbocycles. The standard InChI is InChI=1S/C15H20N6O2S/c1-11-6-8-21(9-7-11)24(22,23)13-4-2-12(3-5-13)19-20-14(10-16)15(17)18/h2-5,11,19H,6-9H2,1H3,(H3,17,18)/b20-14+. The molecule has 1 saturated heterocycles. The van der Waals surface area contributed by atoms with Crippen molar-refractivity contribution in [3.8, 4) is 6.07 Å². The first-order chi connectivity index (χ1) is 11.3. The summed E-state index contributed by atoms with van der Waals surface area (Å²) in [4.78, 5) is 0.221. The van der Waals surface area contributed by atoms with Gasteiger partial charge in [0.25, 0.3) is 0 Å². The minimum atomic E-state index is -3.49. The zero-order chi connectivity index (χ0) is 17.7. The van der Waals surface area contributed by atoms with Crippen LogP contribution in [0.4, 0.5) is 5.69 Å². The second kappa shape index (κ2) is 7.42. The molecule has 1 aliphatic rings. The fourth-order valence-corrected chi connectivity index (χ4v) is 3.81. The van der Waals surface area contributed by atoms with Crippen LogP contribution >= 0.6 is 0 Å². The van der Waals surface area contributed by atoms with E-state index in [0.717, 1.165) is 12.8 Å². The predicted molar refractivity (Wildman–Crippen MR) is 92.2 cm³/mol. The summed E-state index contributed by atoms with van der Waals surface area (Å²) in [5.74, 6) is 0.111. The Kier molecular flexibility index (Phi) is 5.54. The van der Waals surface area contributed by atoms with E-state index in [1.54, 1.807) is 18.2 Å². The lowest BCUT2D eigenvalue weighted by molar-refractivity contribution is 0.288. The molecule has 4 N–H and O–H groups in total. The van der Waals surface area contributed by atoms with Gasteiger partial charge in [-0.05, 0) is 43.0 Å². The molecule has 1 fully saturated rings. The molecule has 2 rings (SSSR count). The highest BCUT2D eigenvalue weighted by molar-refractivity contribution is 7.89. The summed E-state index contributed by atoms with van der Waals surface area (Å²) < 4.78 is 26.7. The lowest BCUT2D eigenvalue weighted by Gasteiger charge is -2.29. The first-order valence-electron chi connectivity index (χ1n) is 7.53. The molecule has 0 spiro atoms. The average molecular weight is 348 g/mol. The molecule has 0 unspecified atom stereocenters. The maximum atomic E-state index is 12.6. The molecule has 1 aromatic carbocycles. The molecule has 1 heterocycles. The Bertz CT molecular complexity index is 771. The van der Waals surface area contributed by atoms with Crippen LogP contribution in [0.1, 0.15) is 19.8 Å². The van der Waals surface area contributed by atoms with Crippen molar-refractivity contribution in [2.24, 2.45) is 16.8 Å². The van der Waals surface area contributed by atoms with Crippen molar-refractivity contribution < 1.29 is 8.42 Å². The Balaban J connectivity index is 2.11. The van der Waals surface area contributed by atoms with Gasteiger partial charge in [-0.1, -0.05) is 6.92 Å². The number of anilines is 1. The molecular formula is C15H20N6O2S. The van der Waals surface area contributed by atoms with Gasteiger partial charge < -0.3 is 5.73 Å². The van der Waals surface area contributed by atoms with Crippen LogP contribution < -0.4 is 11.2 Å². The van der Waals surface area contributed by atoms with Gasteiger partial charge in [-0.15, -0.1) is 0 Å². The minimum absolute atomic E-state index is 0.221. The zero-order valence-corrected chi connectivity index (χ0v) is 14.2. The normalized spacial score (nSPS) is 17.2. The number of nitrogens with two attached hydrogens (primary N) is 1. The van der Waals surface area contributed by atoms with Crippen LogP contribution in [0, 0.1) is 22.7 Å². The average Bonchev–Trinajstić information content (AvgIpc) is 2.56. The van der Waals surface area contributed by atoms with Crippen LogP contribution in [0.15, 0.2) is 34.3 Å². The monoisotopic (exact) mass is 348 g/mol. The van der Waals surface area contributed by atoms with E-state index in [-0.39, 0.29) is 10.6 Å². The molecule has 9 heteroatoms. The quantitative estimate of drug-likeness (QED) is 0.419. The van der Waals surface area contributed by atoms with Crippen LogP contribution in [0.3, 0.4) is 0 Å². The first-order valence-corrected chi connectivity index (χ1v) is 8.97. The third-order valence-corrected chi connectivity index (χ3v) is 5.81. The molecule has 0 aliphatic carbocycles. The summed E-state index contributed by atoms with van der Waals surface area (Å²) in [6.07, 6.45) is 1.74. The maximum absolute atomic E-state index is 12.6. The number of hydrazone groups is 1. The van der Waals surface area contributed by atoms with Crippen LogP contribution in [0.2, 0.25) is 0 Å². The largest absolute Gasteiger partial charge is 0.382 e. The summed E-state index contributed by atoms with van der Waals surface area (Å²) in [5, 5.41) is 19.6. The Morgan fingerprint density at radius 2 is 1.96 bits per heavy atom. The lowest BCUT2D eigenvalue weighted by Crippen LogP contribution is -2.37. The van der Waals surface area contributed by atoms with Crippen LogP contribution in [0.5, 0.6) is 0 Å². The zero-order valence-electron chi connectivity index (χ0n) is 13.4. The third kappa shape index (κ3) is 4.10. The molecule has 0 bridgehead atoms. The third-order valence-electron chi connectivity index (χ3n) is 3.89. The van der Waals surface area contributed by atoms with Gasteiger partial charge in [0.2, 0.25) is 15.7 Å². The van der Waals surface area contributed by atoms with Crippen molar-refractivity contribution in [1.82, 2.24) is 4.31 Å². The van der Waals surface area contributed by atoms with Gasteiger partial charge in [-0.3, -0.25) is 10.8 Å². The van der Waals surface area contributed by atoms with Gasteiger partial charge in [-0.2, -0.15) is 14.7 Å². The Labute approximate surface area is 141 Å². The second-order valence-electron chi connectivity index (χ2n) is 5.71. The number of nitrogens with one attached hydrogen (secondary N) is 2.